The summed E-state index contributed by atoms with van der Waals surface area (Å²) in [4.78, 5) is 30.3. The van der Waals surface area contributed by atoms with E-state index in [4.69, 9.17) is 37.9 Å². The molecule has 2 atom stereocenters. The summed E-state index contributed by atoms with van der Waals surface area (Å²) in [7, 11) is 1.57. The van der Waals surface area contributed by atoms with Crippen LogP contribution in [-0.2, 0) is 25.6 Å². The molecule has 2 aliphatic heterocycles. The van der Waals surface area contributed by atoms with Gasteiger partial charge in [-0.2, -0.15) is 0 Å². The topological polar surface area (TPSA) is 111 Å². The Balaban J connectivity index is 1.25. The SMILES string of the molecule is CCCOc1ccc2c(c1)C(c1ccc(OC)cc1OCOCOCc1ccccc1)=C(C(=O)N1C(=O)OC[C@@H]1c1ccccc1)[C@H]2c1ccc2c(c1)OCO2. The maximum Gasteiger partial charge on any atom is 0.417 e. The quantitative estimate of drug-likeness (QED) is 0.0763. The summed E-state index contributed by atoms with van der Waals surface area (Å²) in [6.45, 7) is 2.88. The molecule has 0 spiro atoms. The van der Waals surface area contributed by atoms with Gasteiger partial charge < -0.3 is 37.9 Å². The average Bonchev–Trinajstić information content (AvgIpc) is 3.96. The van der Waals surface area contributed by atoms with E-state index in [1.807, 2.05) is 116 Å². The number of imide groups is 1. The number of carbonyl (C=O) groups excluding carboxylic acids is 2. The van der Waals surface area contributed by atoms with Gasteiger partial charge >= 0.3 is 6.09 Å². The molecule has 1 aliphatic carbocycles. The summed E-state index contributed by atoms with van der Waals surface area (Å²) < 4.78 is 46.6. The Morgan fingerprint density at radius 2 is 1.54 bits per heavy atom. The molecule has 3 aliphatic rings. The largest absolute Gasteiger partial charge is 0.497 e. The number of carbonyl (C=O) groups is 2. The van der Waals surface area contributed by atoms with Gasteiger partial charge in [0.05, 0.1) is 20.3 Å². The van der Waals surface area contributed by atoms with Crippen molar-refractivity contribution in [2.24, 2.45) is 0 Å². The smallest absolute Gasteiger partial charge is 0.417 e. The molecule has 11 heteroatoms. The fourth-order valence-electron chi connectivity index (χ4n) is 7.30. The van der Waals surface area contributed by atoms with Crippen LogP contribution in [0.25, 0.3) is 5.57 Å². The Kier molecular flexibility index (Phi) is 10.9. The number of hydrogen-bond donors (Lipinski definition) is 0. The Hall–Kier alpha value is -6.30. The van der Waals surface area contributed by atoms with E-state index in [2.05, 4.69) is 0 Å². The fraction of sp³-hybridized carbons (Fsp3) is 0.244. The van der Waals surface area contributed by atoms with Gasteiger partial charge in [0.25, 0.3) is 5.91 Å². The number of amides is 2. The molecule has 5 aromatic rings. The number of ether oxygens (including phenoxy) is 8. The first-order valence-corrected chi connectivity index (χ1v) is 18.5. The first-order valence-electron chi connectivity index (χ1n) is 18.5. The van der Waals surface area contributed by atoms with Crippen LogP contribution in [0.4, 0.5) is 4.79 Å². The highest BCUT2D eigenvalue weighted by molar-refractivity contribution is 6.14. The third-order valence-corrected chi connectivity index (χ3v) is 9.91. The summed E-state index contributed by atoms with van der Waals surface area (Å²) in [6, 6.07) is 35.5. The van der Waals surface area contributed by atoms with Crippen molar-refractivity contribution in [1.29, 1.82) is 0 Å². The van der Waals surface area contributed by atoms with Gasteiger partial charge in [-0.1, -0.05) is 79.7 Å². The lowest BCUT2D eigenvalue weighted by Crippen LogP contribution is -2.36. The first-order chi connectivity index (χ1) is 27.5. The summed E-state index contributed by atoms with van der Waals surface area (Å²) in [5.74, 6) is 1.61. The van der Waals surface area contributed by atoms with Gasteiger partial charge in [-0.15, -0.1) is 0 Å². The van der Waals surface area contributed by atoms with Crippen molar-refractivity contribution < 1.29 is 47.5 Å². The van der Waals surface area contributed by atoms with Gasteiger partial charge in [-0.25, -0.2) is 9.69 Å². The van der Waals surface area contributed by atoms with Gasteiger partial charge in [0.15, 0.2) is 25.1 Å². The van der Waals surface area contributed by atoms with Crippen molar-refractivity contribution in [1.82, 2.24) is 4.90 Å². The van der Waals surface area contributed by atoms with Crippen LogP contribution in [0.15, 0.2) is 121 Å². The molecule has 0 aromatic heterocycles. The van der Waals surface area contributed by atoms with E-state index in [1.165, 1.54) is 4.90 Å². The maximum absolute atomic E-state index is 15.4. The van der Waals surface area contributed by atoms with Crippen molar-refractivity contribution >= 4 is 17.6 Å². The minimum Gasteiger partial charge on any atom is -0.497 e. The molecule has 0 N–H and O–H groups in total. The van der Waals surface area contributed by atoms with Gasteiger partial charge in [0.1, 0.15) is 29.9 Å². The second kappa shape index (κ2) is 16.6. The lowest BCUT2D eigenvalue weighted by Gasteiger charge is -2.25. The van der Waals surface area contributed by atoms with Gasteiger partial charge in [-0.3, -0.25) is 4.79 Å². The Labute approximate surface area is 324 Å². The molecule has 11 nitrogen and oxygen atoms in total. The molecule has 0 unspecified atom stereocenters. The molecule has 8 rings (SSSR count). The highest BCUT2D eigenvalue weighted by Crippen LogP contribution is 2.53. The van der Waals surface area contributed by atoms with Crippen molar-refractivity contribution in [3.63, 3.8) is 0 Å². The Morgan fingerprint density at radius 3 is 2.34 bits per heavy atom. The van der Waals surface area contributed by atoms with Crippen LogP contribution in [0.5, 0.6) is 28.7 Å². The van der Waals surface area contributed by atoms with E-state index in [0.717, 1.165) is 34.2 Å². The molecule has 0 radical (unpaired) electrons. The van der Waals surface area contributed by atoms with E-state index in [0.29, 0.717) is 58.7 Å². The van der Waals surface area contributed by atoms with Crippen molar-refractivity contribution in [2.45, 2.75) is 31.9 Å². The third kappa shape index (κ3) is 7.38. The summed E-state index contributed by atoms with van der Waals surface area (Å²) in [5.41, 5.74) is 5.66. The molecular formula is C45H41NO10. The highest BCUT2D eigenvalue weighted by atomic mass is 16.7. The number of methoxy groups -OCH3 is 1. The summed E-state index contributed by atoms with van der Waals surface area (Å²) >= 11 is 0. The van der Waals surface area contributed by atoms with Gasteiger partial charge in [-0.05, 0) is 70.6 Å². The van der Waals surface area contributed by atoms with Crippen molar-refractivity contribution in [3.8, 4) is 28.7 Å². The van der Waals surface area contributed by atoms with Crippen molar-refractivity contribution in [2.75, 3.05) is 40.7 Å². The van der Waals surface area contributed by atoms with Crippen LogP contribution in [0.2, 0.25) is 0 Å². The summed E-state index contributed by atoms with van der Waals surface area (Å²) in [6.07, 6.45) is 0.0884. The predicted octanol–water partition coefficient (Wildman–Crippen LogP) is 8.41. The van der Waals surface area contributed by atoms with Crippen molar-refractivity contribution in [3.05, 3.63) is 154 Å². The number of fused-ring (bicyclic) bond motifs is 2. The minimum absolute atomic E-state index is 0.00821. The second-order valence-corrected chi connectivity index (χ2v) is 13.4. The van der Waals surface area contributed by atoms with Crippen LogP contribution in [0, 0.1) is 0 Å². The molecule has 1 saturated heterocycles. The standard InChI is InChI=1S/C45H41NO10/c1-3-20-52-33-16-17-34-36(22-33)42(35-18-15-32(49-2)23-39(35)54-27-51-26-50-24-29-10-6-4-7-11-29)43(41(34)31-14-19-38-40(21-31)56-28-55-38)44(47)46-37(25-53-45(46)48)30-12-8-5-9-13-30/h4-19,21-23,37,41H,3,20,24-28H2,1-2H3/t37-,41+/m1/s1. The zero-order valence-electron chi connectivity index (χ0n) is 31.1. The highest BCUT2D eigenvalue weighted by Gasteiger charge is 2.46. The average molecular weight is 756 g/mol. The second-order valence-electron chi connectivity index (χ2n) is 13.4. The first kappa shape index (κ1) is 36.7. The molecule has 286 valence electrons. The zero-order valence-corrected chi connectivity index (χ0v) is 31.1. The van der Waals surface area contributed by atoms with Crippen LogP contribution in [0.1, 0.15) is 58.7 Å². The number of hydrogen-bond acceptors (Lipinski definition) is 10. The molecule has 2 amide bonds. The van der Waals surface area contributed by atoms with Crippen LogP contribution >= 0.6 is 0 Å². The maximum atomic E-state index is 15.4. The van der Waals surface area contributed by atoms with E-state index in [9.17, 15) is 4.79 Å². The molecular weight excluding hydrogens is 714 g/mol. The zero-order chi connectivity index (χ0) is 38.4. The molecule has 56 heavy (non-hydrogen) atoms. The number of nitrogens with zero attached hydrogens (tertiary/aromatic N) is 1. The van der Waals surface area contributed by atoms with Crippen LogP contribution in [0.3, 0.4) is 0 Å². The van der Waals surface area contributed by atoms with E-state index in [1.54, 1.807) is 13.2 Å². The fourth-order valence-corrected chi connectivity index (χ4v) is 7.30. The van der Waals surface area contributed by atoms with Gasteiger partial charge in [0, 0.05) is 28.7 Å². The normalized spacial score (nSPS) is 16.8. The molecule has 5 aromatic carbocycles. The number of cyclic esters (lactones) is 1. The molecule has 2 heterocycles. The predicted molar refractivity (Wildman–Crippen MR) is 206 cm³/mol. The molecule has 0 saturated carbocycles. The van der Waals surface area contributed by atoms with E-state index in [-0.39, 0.29) is 27.0 Å². The third-order valence-electron chi connectivity index (χ3n) is 9.91. The Morgan fingerprint density at radius 1 is 0.750 bits per heavy atom. The number of benzene rings is 5. The van der Waals surface area contributed by atoms with Crippen LogP contribution in [-0.4, -0.2) is 57.6 Å². The molecule has 0 bridgehead atoms. The Bertz CT molecular complexity index is 2240. The van der Waals surface area contributed by atoms with E-state index >= 15 is 4.79 Å². The van der Waals surface area contributed by atoms with Gasteiger partial charge in [0.2, 0.25) is 6.79 Å². The lowest BCUT2D eigenvalue weighted by molar-refractivity contribution is -0.125. The minimum atomic E-state index is -0.724. The molecule has 1 fully saturated rings. The van der Waals surface area contributed by atoms with Crippen LogP contribution < -0.4 is 23.7 Å². The monoisotopic (exact) mass is 755 g/mol. The lowest BCUT2D eigenvalue weighted by atomic mass is 9.86. The summed E-state index contributed by atoms with van der Waals surface area (Å²) in [5, 5.41) is 0. The number of rotatable bonds is 15. The van der Waals surface area contributed by atoms with E-state index < -0.39 is 24.0 Å².